The van der Waals surface area contributed by atoms with Crippen molar-refractivity contribution in [2.24, 2.45) is 0 Å². The molecule has 0 aliphatic heterocycles. The van der Waals surface area contributed by atoms with Crippen molar-refractivity contribution in [1.82, 2.24) is 0 Å². The molecule has 0 fully saturated rings. The zero-order chi connectivity index (χ0) is 15.8. The van der Waals surface area contributed by atoms with Gasteiger partial charge in [-0.25, -0.2) is 0 Å². The van der Waals surface area contributed by atoms with Gasteiger partial charge in [-0.1, -0.05) is 25.1 Å². The topological polar surface area (TPSA) is 47.6 Å². The Labute approximate surface area is 131 Å². The molecular weight excluding hydrogens is 278 g/mol. The minimum atomic E-state index is -0.172. The number of ether oxygens (including phenoxy) is 2. The Morgan fingerprint density at radius 2 is 1.77 bits per heavy atom. The highest BCUT2D eigenvalue weighted by Gasteiger charge is 2.11. The Morgan fingerprint density at radius 1 is 1.00 bits per heavy atom. The van der Waals surface area contributed by atoms with E-state index in [2.05, 4.69) is 5.32 Å². The number of nitrogens with one attached hydrogen (secondary N) is 1. The molecule has 0 bridgehead atoms. The number of carbonyl (C=O) groups excluding carboxylic acids is 1. The lowest BCUT2D eigenvalue weighted by atomic mass is 10.2. The molecule has 0 saturated carbocycles. The van der Waals surface area contributed by atoms with E-state index in [1.54, 1.807) is 18.2 Å². The number of carbonyl (C=O) groups is 1. The van der Waals surface area contributed by atoms with Gasteiger partial charge in [-0.15, -0.1) is 0 Å². The van der Waals surface area contributed by atoms with Gasteiger partial charge in [-0.3, -0.25) is 4.79 Å². The SMILES string of the molecule is CCCOc1ccc(C(=O)Nc2ccccc2)cc1OCC. The summed E-state index contributed by atoms with van der Waals surface area (Å²) in [7, 11) is 0. The maximum atomic E-state index is 12.3. The number of amides is 1. The van der Waals surface area contributed by atoms with Gasteiger partial charge in [-0.2, -0.15) is 0 Å². The third-order valence-corrected chi connectivity index (χ3v) is 3.00. The number of rotatable bonds is 7. The lowest BCUT2D eigenvalue weighted by Crippen LogP contribution is -2.12. The first-order valence-corrected chi connectivity index (χ1v) is 7.50. The third-order valence-electron chi connectivity index (χ3n) is 3.00. The van der Waals surface area contributed by atoms with Crippen molar-refractivity contribution < 1.29 is 14.3 Å². The summed E-state index contributed by atoms with van der Waals surface area (Å²) in [4.78, 5) is 12.3. The molecule has 1 amide bonds. The molecule has 0 saturated heterocycles. The average molecular weight is 299 g/mol. The van der Waals surface area contributed by atoms with Gasteiger partial charge in [0.1, 0.15) is 0 Å². The molecular formula is C18H21NO3. The number of para-hydroxylation sites is 1. The second kappa shape index (κ2) is 8.08. The summed E-state index contributed by atoms with van der Waals surface area (Å²) in [6.45, 7) is 5.09. The normalized spacial score (nSPS) is 10.1. The summed E-state index contributed by atoms with van der Waals surface area (Å²) in [5.41, 5.74) is 1.30. The Balaban J connectivity index is 2.16. The van der Waals surface area contributed by atoms with Crippen molar-refractivity contribution in [3.05, 3.63) is 54.1 Å². The van der Waals surface area contributed by atoms with Crippen molar-refractivity contribution in [3.63, 3.8) is 0 Å². The minimum absolute atomic E-state index is 0.172. The first-order chi connectivity index (χ1) is 10.7. The van der Waals surface area contributed by atoms with Gasteiger partial charge >= 0.3 is 0 Å². The van der Waals surface area contributed by atoms with E-state index in [0.717, 1.165) is 12.1 Å². The van der Waals surface area contributed by atoms with Gasteiger partial charge < -0.3 is 14.8 Å². The van der Waals surface area contributed by atoms with Crippen molar-refractivity contribution in [1.29, 1.82) is 0 Å². The Bertz CT molecular complexity index is 611. The Hall–Kier alpha value is -2.49. The van der Waals surface area contributed by atoms with E-state index in [9.17, 15) is 4.79 Å². The fraction of sp³-hybridized carbons (Fsp3) is 0.278. The number of anilines is 1. The minimum Gasteiger partial charge on any atom is -0.490 e. The van der Waals surface area contributed by atoms with Crippen LogP contribution in [0, 0.1) is 0 Å². The molecule has 2 rings (SSSR count). The van der Waals surface area contributed by atoms with E-state index < -0.39 is 0 Å². The van der Waals surface area contributed by atoms with Crippen LogP contribution in [0.5, 0.6) is 11.5 Å². The van der Waals surface area contributed by atoms with E-state index in [4.69, 9.17) is 9.47 Å². The first kappa shape index (κ1) is 15.9. The quantitative estimate of drug-likeness (QED) is 0.836. The molecule has 2 aromatic carbocycles. The molecule has 22 heavy (non-hydrogen) atoms. The van der Waals surface area contributed by atoms with Crippen LogP contribution in [0.1, 0.15) is 30.6 Å². The van der Waals surface area contributed by atoms with E-state index in [-0.39, 0.29) is 5.91 Å². The van der Waals surface area contributed by atoms with Gasteiger partial charge in [0.2, 0.25) is 0 Å². The fourth-order valence-corrected chi connectivity index (χ4v) is 1.97. The van der Waals surface area contributed by atoms with Crippen LogP contribution in [-0.4, -0.2) is 19.1 Å². The second-order valence-corrected chi connectivity index (χ2v) is 4.76. The van der Waals surface area contributed by atoms with Crippen molar-refractivity contribution in [2.75, 3.05) is 18.5 Å². The molecule has 1 N–H and O–H groups in total. The van der Waals surface area contributed by atoms with Crippen LogP contribution in [-0.2, 0) is 0 Å². The highest BCUT2D eigenvalue weighted by Crippen LogP contribution is 2.29. The molecule has 0 heterocycles. The standard InChI is InChI=1S/C18H21NO3/c1-3-12-22-16-11-10-14(13-17(16)21-4-2)18(20)19-15-8-6-5-7-9-15/h5-11,13H,3-4,12H2,1-2H3,(H,19,20). The van der Waals surface area contributed by atoms with Crippen LogP contribution in [0.4, 0.5) is 5.69 Å². The fourth-order valence-electron chi connectivity index (χ4n) is 1.97. The monoisotopic (exact) mass is 299 g/mol. The molecule has 0 aliphatic carbocycles. The van der Waals surface area contributed by atoms with Crippen LogP contribution >= 0.6 is 0 Å². The van der Waals surface area contributed by atoms with Gasteiger partial charge in [0.15, 0.2) is 11.5 Å². The number of hydrogen-bond acceptors (Lipinski definition) is 3. The van der Waals surface area contributed by atoms with E-state index in [1.165, 1.54) is 0 Å². The van der Waals surface area contributed by atoms with E-state index in [1.807, 2.05) is 44.2 Å². The van der Waals surface area contributed by atoms with Crippen LogP contribution in [0.25, 0.3) is 0 Å². The smallest absolute Gasteiger partial charge is 0.255 e. The third kappa shape index (κ3) is 4.25. The van der Waals surface area contributed by atoms with Crippen molar-refractivity contribution in [3.8, 4) is 11.5 Å². The van der Waals surface area contributed by atoms with Gasteiger partial charge in [0.05, 0.1) is 13.2 Å². The van der Waals surface area contributed by atoms with Gasteiger partial charge in [0, 0.05) is 11.3 Å². The Morgan fingerprint density at radius 3 is 2.45 bits per heavy atom. The second-order valence-electron chi connectivity index (χ2n) is 4.76. The zero-order valence-electron chi connectivity index (χ0n) is 13.0. The first-order valence-electron chi connectivity index (χ1n) is 7.50. The summed E-state index contributed by atoms with van der Waals surface area (Å²) < 4.78 is 11.2. The van der Waals surface area contributed by atoms with Gasteiger partial charge in [0.25, 0.3) is 5.91 Å². The number of benzene rings is 2. The predicted molar refractivity (Wildman–Crippen MR) is 87.8 cm³/mol. The van der Waals surface area contributed by atoms with E-state index in [0.29, 0.717) is 30.3 Å². The summed E-state index contributed by atoms with van der Waals surface area (Å²) in [6, 6.07) is 14.6. The van der Waals surface area contributed by atoms with Crippen LogP contribution in [0.3, 0.4) is 0 Å². The average Bonchev–Trinajstić information content (AvgIpc) is 2.55. The molecule has 116 valence electrons. The van der Waals surface area contributed by atoms with Crippen LogP contribution in [0.15, 0.2) is 48.5 Å². The van der Waals surface area contributed by atoms with Crippen LogP contribution in [0.2, 0.25) is 0 Å². The molecule has 0 atom stereocenters. The predicted octanol–water partition coefficient (Wildman–Crippen LogP) is 4.13. The molecule has 0 unspecified atom stereocenters. The Kier molecular flexibility index (Phi) is 5.83. The van der Waals surface area contributed by atoms with Crippen molar-refractivity contribution in [2.45, 2.75) is 20.3 Å². The largest absolute Gasteiger partial charge is 0.490 e. The lowest BCUT2D eigenvalue weighted by molar-refractivity contribution is 0.102. The maximum absolute atomic E-state index is 12.3. The van der Waals surface area contributed by atoms with E-state index >= 15 is 0 Å². The van der Waals surface area contributed by atoms with Gasteiger partial charge in [-0.05, 0) is 43.7 Å². The molecule has 4 nitrogen and oxygen atoms in total. The summed E-state index contributed by atoms with van der Waals surface area (Å²) in [6.07, 6.45) is 0.918. The molecule has 4 heteroatoms. The molecule has 0 aromatic heterocycles. The summed E-state index contributed by atoms with van der Waals surface area (Å²) >= 11 is 0. The maximum Gasteiger partial charge on any atom is 0.255 e. The molecule has 0 spiro atoms. The molecule has 0 radical (unpaired) electrons. The highest BCUT2D eigenvalue weighted by molar-refractivity contribution is 6.04. The molecule has 0 aliphatic rings. The summed E-state index contributed by atoms with van der Waals surface area (Å²) in [5.74, 6) is 1.09. The number of hydrogen-bond donors (Lipinski definition) is 1. The molecule has 2 aromatic rings. The zero-order valence-corrected chi connectivity index (χ0v) is 13.0. The van der Waals surface area contributed by atoms with Crippen molar-refractivity contribution >= 4 is 11.6 Å². The highest BCUT2D eigenvalue weighted by atomic mass is 16.5. The lowest BCUT2D eigenvalue weighted by Gasteiger charge is -2.13. The van der Waals surface area contributed by atoms with Crippen LogP contribution < -0.4 is 14.8 Å². The summed E-state index contributed by atoms with van der Waals surface area (Å²) in [5, 5.41) is 2.85.